The van der Waals surface area contributed by atoms with E-state index in [0.29, 0.717) is 18.0 Å². The summed E-state index contributed by atoms with van der Waals surface area (Å²) < 4.78 is 11.1. The maximum atomic E-state index is 12.9. The first kappa shape index (κ1) is 18.3. The van der Waals surface area contributed by atoms with Crippen LogP contribution in [0.2, 0.25) is 0 Å². The molecule has 3 aliphatic rings. The lowest BCUT2D eigenvalue weighted by Gasteiger charge is -2.48. The molecule has 6 nitrogen and oxygen atoms in total. The Labute approximate surface area is 171 Å². The zero-order valence-electron chi connectivity index (χ0n) is 17.0. The van der Waals surface area contributed by atoms with Gasteiger partial charge < -0.3 is 14.8 Å². The molecule has 2 aromatic carbocycles. The molecule has 152 valence electrons. The van der Waals surface area contributed by atoms with Crippen LogP contribution in [0.4, 0.5) is 10.5 Å². The van der Waals surface area contributed by atoms with Crippen molar-refractivity contribution in [3.8, 4) is 11.5 Å². The fourth-order valence-electron chi connectivity index (χ4n) is 5.20. The van der Waals surface area contributed by atoms with Crippen molar-refractivity contribution in [2.24, 2.45) is 0 Å². The number of hydrogen-bond acceptors (Lipinski definition) is 4. The average molecular weight is 393 g/mol. The van der Waals surface area contributed by atoms with E-state index >= 15 is 0 Å². The molecule has 1 saturated heterocycles. The maximum absolute atomic E-state index is 12.9. The molecule has 0 unspecified atom stereocenters. The number of nitrogens with zero attached hydrogens (tertiary/aromatic N) is 2. The summed E-state index contributed by atoms with van der Waals surface area (Å²) in [7, 11) is 4.32. The van der Waals surface area contributed by atoms with E-state index in [1.165, 1.54) is 5.56 Å². The minimum Gasteiger partial charge on any atom is -0.454 e. The van der Waals surface area contributed by atoms with E-state index in [9.17, 15) is 4.79 Å². The number of ether oxygens (including phenoxy) is 2. The van der Waals surface area contributed by atoms with E-state index in [1.54, 1.807) is 0 Å². The number of rotatable bonds is 3. The minimum atomic E-state index is -0.201. The highest BCUT2D eigenvalue weighted by molar-refractivity contribution is 5.97. The molecular formula is C23H27N3O3. The molecular weight excluding hydrogens is 366 g/mol. The van der Waals surface area contributed by atoms with Crippen molar-refractivity contribution in [1.82, 2.24) is 10.2 Å². The van der Waals surface area contributed by atoms with Crippen molar-refractivity contribution in [3.63, 3.8) is 0 Å². The van der Waals surface area contributed by atoms with E-state index in [1.807, 2.05) is 23.1 Å². The van der Waals surface area contributed by atoms with Gasteiger partial charge in [-0.2, -0.15) is 0 Å². The Morgan fingerprint density at radius 3 is 2.45 bits per heavy atom. The van der Waals surface area contributed by atoms with E-state index < -0.39 is 0 Å². The van der Waals surface area contributed by atoms with Gasteiger partial charge in [0.25, 0.3) is 0 Å². The van der Waals surface area contributed by atoms with Crippen LogP contribution in [-0.4, -0.2) is 43.9 Å². The summed E-state index contributed by atoms with van der Waals surface area (Å²) in [5.41, 5.74) is 1.96. The van der Waals surface area contributed by atoms with Crippen LogP contribution in [0.5, 0.6) is 11.5 Å². The Morgan fingerprint density at radius 1 is 0.966 bits per heavy atom. The molecule has 1 N–H and O–H groups in total. The van der Waals surface area contributed by atoms with Crippen LogP contribution in [0, 0.1) is 0 Å². The Kier molecular flexibility index (Phi) is 4.21. The van der Waals surface area contributed by atoms with Crippen molar-refractivity contribution in [1.29, 1.82) is 0 Å². The Balaban J connectivity index is 1.39. The zero-order valence-corrected chi connectivity index (χ0v) is 17.0. The molecule has 29 heavy (non-hydrogen) atoms. The van der Waals surface area contributed by atoms with Gasteiger partial charge in [-0.3, -0.25) is 9.80 Å². The predicted molar refractivity (Wildman–Crippen MR) is 111 cm³/mol. The third kappa shape index (κ3) is 2.85. The second kappa shape index (κ2) is 6.66. The summed E-state index contributed by atoms with van der Waals surface area (Å²) in [4.78, 5) is 17.1. The largest absolute Gasteiger partial charge is 0.454 e. The second-order valence-electron chi connectivity index (χ2n) is 8.60. The lowest BCUT2D eigenvalue weighted by atomic mass is 9.69. The van der Waals surface area contributed by atoms with E-state index in [4.69, 9.17) is 9.47 Å². The number of carbonyl (C=O) groups is 1. The third-order valence-corrected chi connectivity index (χ3v) is 6.95. The molecule has 0 radical (unpaired) electrons. The number of amides is 2. The normalized spacial score (nSPS) is 28.2. The molecule has 2 aromatic rings. The summed E-state index contributed by atoms with van der Waals surface area (Å²) in [6.45, 7) is 0.860. The van der Waals surface area contributed by atoms with Gasteiger partial charge in [-0.15, -0.1) is 0 Å². The standard InChI is InChI=1S/C23H27N3O3/c1-25(2)23(17-7-4-3-5-8-17)13-11-22(12-14-23)15-26(21(27)24-22)18-9-6-10-19-20(18)29-16-28-19/h3-10H,11-16H2,1-2H3,(H,24,27). The van der Waals surface area contributed by atoms with Gasteiger partial charge >= 0.3 is 6.03 Å². The van der Waals surface area contributed by atoms with Gasteiger partial charge in [0.15, 0.2) is 11.5 Å². The van der Waals surface area contributed by atoms with Crippen LogP contribution in [0.25, 0.3) is 0 Å². The quantitative estimate of drug-likeness (QED) is 0.864. The first-order valence-corrected chi connectivity index (χ1v) is 10.2. The van der Waals surface area contributed by atoms with Crippen LogP contribution < -0.4 is 19.7 Å². The molecule has 2 amide bonds. The predicted octanol–water partition coefficient (Wildman–Crippen LogP) is 3.71. The highest BCUT2D eigenvalue weighted by atomic mass is 16.7. The van der Waals surface area contributed by atoms with Gasteiger partial charge in [0.2, 0.25) is 6.79 Å². The monoisotopic (exact) mass is 393 g/mol. The Bertz CT molecular complexity index is 920. The van der Waals surface area contributed by atoms with Crippen LogP contribution in [0.15, 0.2) is 48.5 Å². The molecule has 1 saturated carbocycles. The number of carbonyl (C=O) groups excluding carboxylic acids is 1. The summed E-state index contributed by atoms with van der Waals surface area (Å²) in [5, 5.41) is 3.31. The summed E-state index contributed by atoms with van der Waals surface area (Å²) in [5.74, 6) is 1.37. The molecule has 2 fully saturated rings. The van der Waals surface area contributed by atoms with Gasteiger partial charge in [-0.1, -0.05) is 36.4 Å². The van der Waals surface area contributed by atoms with Crippen molar-refractivity contribution in [3.05, 3.63) is 54.1 Å². The van der Waals surface area contributed by atoms with Crippen molar-refractivity contribution < 1.29 is 14.3 Å². The highest BCUT2D eigenvalue weighted by Crippen LogP contribution is 2.48. The highest BCUT2D eigenvalue weighted by Gasteiger charge is 2.50. The fourth-order valence-corrected chi connectivity index (χ4v) is 5.20. The molecule has 1 aliphatic carbocycles. The van der Waals surface area contributed by atoms with Gasteiger partial charge in [0.1, 0.15) is 0 Å². The smallest absolute Gasteiger partial charge is 0.322 e. The topological polar surface area (TPSA) is 54.0 Å². The van der Waals surface area contributed by atoms with Crippen molar-refractivity contribution in [2.75, 3.05) is 32.3 Å². The molecule has 6 heteroatoms. The number of benzene rings is 2. The van der Waals surface area contributed by atoms with Gasteiger partial charge in [-0.25, -0.2) is 4.79 Å². The molecule has 1 spiro atoms. The molecule has 2 heterocycles. The SMILES string of the molecule is CN(C)C1(c2ccccc2)CCC2(CC1)CN(c1cccc3c1OCO3)C(=O)N2. The average Bonchev–Trinajstić information content (AvgIpc) is 3.34. The van der Waals surface area contributed by atoms with Crippen LogP contribution in [0.3, 0.4) is 0 Å². The number of anilines is 1. The number of fused-ring (bicyclic) bond motifs is 1. The Morgan fingerprint density at radius 2 is 1.72 bits per heavy atom. The fraction of sp³-hybridized carbons (Fsp3) is 0.435. The van der Waals surface area contributed by atoms with Crippen LogP contribution in [0.1, 0.15) is 31.2 Å². The van der Waals surface area contributed by atoms with Gasteiger partial charge in [0.05, 0.1) is 17.8 Å². The molecule has 0 bridgehead atoms. The second-order valence-corrected chi connectivity index (χ2v) is 8.60. The molecule has 2 aliphatic heterocycles. The Hall–Kier alpha value is -2.73. The van der Waals surface area contributed by atoms with Crippen molar-refractivity contribution >= 4 is 11.7 Å². The maximum Gasteiger partial charge on any atom is 0.322 e. The lowest BCUT2D eigenvalue weighted by Crippen LogP contribution is -2.54. The molecule has 5 rings (SSSR count). The summed E-state index contributed by atoms with van der Waals surface area (Å²) in [6.07, 6.45) is 3.89. The number of para-hydroxylation sites is 1. The van der Waals surface area contributed by atoms with E-state index in [2.05, 4.69) is 54.6 Å². The molecule has 0 aromatic heterocycles. The van der Waals surface area contributed by atoms with Crippen LogP contribution in [-0.2, 0) is 5.54 Å². The number of hydrogen-bond donors (Lipinski definition) is 1. The zero-order chi connectivity index (χ0) is 20.1. The first-order valence-electron chi connectivity index (χ1n) is 10.2. The number of urea groups is 1. The summed E-state index contributed by atoms with van der Waals surface area (Å²) in [6, 6.07) is 16.4. The van der Waals surface area contributed by atoms with Crippen molar-refractivity contribution in [2.45, 2.75) is 36.8 Å². The summed E-state index contributed by atoms with van der Waals surface area (Å²) >= 11 is 0. The number of nitrogens with one attached hydrogen (secondary N) is 1. The first-order chi connectivity index (χ1) is 14.0. The van der Waals surface area contributed by atoms with E-state index in [-0.39, 0.29) is 23.9 Å². The molecule has 0 atom stereocenters. The van der Waals surface area contributed by atoms with Gasteiger partial charge in [-0.05, 0) is 57.5 Å². The minimum absolute atomic E-state index is 0.00953. The lowest BCUT2D eigenvalue weighted by molar-refractivity contribution is 0.0657. The third-order valence-electron chi connectivity index (χ3n) is 6.95. The van der Waals surface area contributed by atoms with Gasteiger partial charge in [0, 0.05) is 5.54 Å². The van der Waals surface area contributed by atoms with E-state index in [0.717, 1.165) is 31.4 Å². The van der Waals surface area contributed by atoms with Crippen LogP contribution >= 0.6 is 0 Å².